The molecule has 0 radical (unpaired) electrons. The Bertz CT molecular complexity index is 1420. The second-order valence-corrected chi connectivity index (χ2v) is 12.3. The molecule has 1 fully saturated rings. The van der Waals surface area contributed by atoms with Gasteiger partial charge < -0.3 is 9.84 Å². The summed E-state index contributed by atoms with van der Waals surface area (Å²) >= 11 is 1.60. The van der Waals surface area contributed by atoms with Crippen LogP contribution >= 0.6 is 11.8 Å². The maximum absolute atomic E-state index is 13.7. The predicted molar refractivity (Wildman–Crippen MR) is 149 cm³/mol. The first-order valence-electron chi connectivity index (χ1n) is 12.3. The predicted octanol–water partition coefficient (Wildman–Crippen LogP) is 5.84. The molecular weight excluding hydrogens is 506 g/mol. The number of aromatic nitrogens is 1. The standard InChI is InChI=1S/C28H33N3O4S2/c1-18-14-19(2)25(20(3)15-18)11-12-26-27(21(4)30-35-26)37(33,34)31-13-7-8-22(17-31)28(32)29-23-9-6-10-24(16-23)36-5/h6,9-12,14-16,22H,7-8,13,17H2,1-5H3,(H,29,32). The number of anilines is 1. The molecule has 1 N–H and O–H groups in total. The Labute approximate surface area is 223 Å². The molecule has 2 aromatic carbocycles. The number of nitrogens with zero attached hydrogens (tertiary/aromatic N) is 2. The van der Waals surface area contributed by atoms with E-state index in [4.69, 9.17) is 4.52 Å². The normalized spacial score (nSPS) is 16.8. The Morgan fingerprint density at radius 3 is 2.57 bits per heavy atom. The number of benzene rings is 2. The first kappa shape index (κ1) is 27.2. The number of carbonyl (C=O) groups is 1. The van der Waals surface area contributed by atoms with E-state index in [9.17, 15) is 13.2 Å². The number of aryl methyl sites for hydroxylation is 4. The third-order valence-electron chi connectivity index (χ3n) is 6.66. The molecule has 4 rings (SSSR count). The second kappa shape index (κ2) is 11.2. The maximum Gasteiger partial charge on any atom is 0.248 e. The highest BCUT2D eigenvalue weighted by Crippen LogP contribution is 2.30. The fraction of sp³-hybridized carbons (Fsp3) is 0.357. The van der Waals surface area contributed by atoms with E-state index in [1.165, 1.54) is 9.87 Å². The number of sulfonamides is 1. The minimum Gasteiger partial charge on any atom is -0.355 e. The molecule has 196 valence electrons. The van der Waals surface area contributed by atoms with Crippen molar-refractivity contribution >= 4 is 45.5 Å². The van der Waals surface area contributed by atoms with Crippen molar-refractivity contribution in [2.75, 3.05) is 24.7 Å². The summed E-state index contributed by atoms with van der Waals surface area (Å²) in [5.41, 5.74) is 5.40. The van der Waals surface area contributed by atoms with E-state index in [0.717, 1.165) is 21.6 Å². The summed E-state index contributed by atoms with van der Waals surface area (Å²) in [6, 6.07) is 11.8. The average Bonchev–Trinajstić information content (AvgIpc) is 3.24. The quantitative estimate of drug-likeness (QED) is 0.379. The highest BCUT2D eigenvalue weighted by molar-refractivity contribution is 7.98. The number of carbonyl (C=O) groups excluding carboxylic acids is 1. The van der Waals surface area contributed by atoms with E-state index < -0.39 is 15.9 Å². The molecule has 1 unspecified atom stereocenters. The molecule has 0 bridgehead atoms. The van der Waals surface area contributed by atoms with Gasteiger partial charge in [-0.1, -0.05) is 35.0 Å². The van der Waals surface area contributed by atoms with Gasteiger partial charge in [0, 0.05) is 23.7 Å². The minimum atomic E-state index is -3.92. The molecule has 1 saturated heterocycles. The molecule has 7 nitrogen and oxygen atoms in total. The molecule has 9 heteroatoms. The largest absolute Gasteiger partial charge is 0.355 e. The third kappa shape index (κ3) is 6.00. The van der Waals surface area contributed by atoms with Crippen LogP contribution in [-0.2, 0) is 14.8 Å². The van der Waals surface area contributed by atoms with E-state index in [1.54, 1.807) is 24.8 Å². The number of hydrogen-bond acceptors (Lipinski definition) is 6. The van der Waals surface area contributed by atoms with E-state index >= 15 is 0 Å². The molecule has 0 saturated carbocycles. The molecule has 0 spiro atoms. The van der Waals surface area contributed by atoms with Gasteiger partial charge in [0.15, 0.2) is 10.7 Å². The van der Waals surface area contributed by atoms with Crippen molar-refractivity contribution in [3.05, 3.63) is 70.1 Å². The number of rotatable bonds is 7. The summed E-state index contributed by atoms with van der Waals surface area (Å²) in [6.07, 6.45) is 6.74. The lowest BCUT2D eigenvalue weighted by Crippen LogP contribution is -2.43. The molecule has 2 heterocycles. The van der Waals surface area contributed by atoms with Crippen LogP contribution in [-0.4, -0.2) is 43.1 Å². The third-order valence-corrected chi connectivity index (χ3v) is 9.41. The van der Waals surface area contributed by atoms with Crippen LogP contribution in [0.25, 0.3) is 12.2 Å². The Hall–Kier alpha value is -2.88. The van der Waals surface area contributed by atoms with Crippen molar-refractivity contribution in [1.82, 2.24) is 9.46 Å². The van der Waals surface area contributed by atoms with Crippen LogP contribution in [0, 0.1) is 33.6 Å². The van der Waals surface area contributed by atoms with E-state index in [-0.39, 0.29) is 23.1 Å². The monoisotopic (exact) mass is 539 g/mol. The summed E-state index contributed by atoms with van der Waals surface area (Å²) in [6.45, 7) is 8.19. The smallest absolute Gasteiger partial charge is 0.248 e. The Kier molecular flexibility index (Phi) is 8.26. The zero-order valence-electron chi connectivity index (χ0n) is 21.9. The molecule has 1 aromatic heterocycles. The van der Waals surface area contributed by atoms with E-state index in [0.29, 0.717) is 30.8 Å². The zero-order chi connectivity index (χ0) is 26.7. The van der Waals surface area contributed by atoms with Gasteiger partial charge in [-0.2, -0.15) is 4.31 Å². The Morgan fingerprint density at radius 2 is 1.86 bits per heavy atom. The molecule has 1 aliphatic heterocycles. The molecule has 1 atom stereocenters. The summed E-state index contributed by atoms with van der Waals surface area (Å²) in [4.78, 5) is 14.1. The van der Waals surface area contributed by atoms with Gasteiger partial charge in [0.25, 0.3) is 0 Å². The molecule has 1 aliphatic rings. The molecular formula is C28H33N3O4S2. The van der Waals surface area contributed by atoms with Gasteiger partial charge in [-0.15, -0.1) is 11.8 Å². The van der Waals surface area contributed by atoms with Gasteiger partial charge in [0.1, 0.15) is 5.69 Å². The number of amides is 1. The number of piperidine rings is 1. The van der Waals surface area contributed by atoms with Crippen molar-refractivity contribution in [2.24, 2.45) is 5.92 Å². The fourth-order valence-electron chi connectivity index (χ4n) is 4.86. The number of hydrogen-bond donors (Lipinski definition) is 1. The van der Waals surface area contributed by atoms with Crippen LogP contribution in [0.3, 0.4) is 0 Å². The Balaban J connectivity index is 1.55. The number of thioether (sulfide) groups is 1. The summed E-state index contributed by atoms with van der Waals surface area (Å²) < 4.78 is 34.3. The van der Waals surface area contributed by atoms with E-state index in [1.807, 2.05) is 57.4 Å². The minimum absolute atomic E-state index is 0.0555. The average molecular weight is 540 g/mol. The highest BCUT2D eigenvalue weighted by Gasteiger charge is 2.37. The molecule has 0 aliphatic carbocycles. The SMILES string of the molecule is CSc1cccc(NC(=O)C2CCCN(S(=O)(=O)c3c(C)noc3C=Cc3c(C)cc(C)cc3C)C2)c1. The van der Waals surface area contributed by atoms with Crippen molar-refractivity contribution < 1.29 is 17.7 Å². The second-order valence-electron chi connectivity index (χ2n) is 9.53. The molecule has 1 amide bonds. The van der Waals surface area contributed by atoms with Crippen molar-refractivity contribution in [2.45, 2.75) is 50.3 Å². The van der Waals surface area contributed by atoms with E-state index in [2.05, 4.69) is 22.6 Å². The topological polar surface area (TPSA) is 92.5 Å². The van der Waals surface area contributed by atoms with Crippen LogP contribution in [0.1, 0.15) is 46.5 Å². The van der Waals surface area contributed by atoms with Gasteiger partial charge in [-0.05, 0) is 87.8 Å². The first-order valence-corrected chi connectivity index (χ1v) is 14.9. The van der Waals surface area contributed by atoms with Crippen LogP contribution in [0.15, 0.2) is 50.7 Å². The van der Waals surface area contributed by atoms with Crippen LogP contribution in [0.5, 0.6) is 0 Å². The lowest BCUT2D eigenvalue weighted by atomic mass is 9.99. The van der Waals surface area contributed by atoms with Crippen LogP contribution in [0.4, 0.5) is 5.69 Å². The van der Waals surface area contributed by atoms with Gasteiger partial charge in [-0.3, -0.25) is 4.79 Å². The summed E-state index contributed by atoms with van der Waals surface area (Å²) in [5.74, 6) is -0.429. The van der Waals surface area contributed by atoms with Crippen LogP contribution in [0.2, 0.25) is 0 Å². The zero-order valence-corrected chi connectivity index (χ0v) is 23.5. The maximum atomic E-state index is 13.7. The van der Waals surface area contributed by atoms with Gasteiger partial charge >= 0.3 is 0 Å². The Morgan fingerprint density at radius 1 is 1.14 bits per heavy atom. The van der Waals surface area contributed by atoms with Gasteiger partial charge in [-0.25, -0.2) is 8.42 Å². The van der Waals surface area contributed by atoms with Crippen molar-refractivity contribution in [3.8, 4) is 0 Å². The van der Waals surface area contributed by atoms with Crippen molar-refractivity contribution in [1.29, 1.82) is 0 Å². The van der Waals surface area contributed by atoms with Crippen LogP contribution < -0.4 is 5.32 Å². The lowest BCUT2D eigenvalue weighted by Gasteiger charge is -2.31. The lowest BCUT2D eigenvalue weighted by molar-refractivity contribution is -0.120. The summed E-state index contributed by atoms with van der Waals surface area (Å²) in [7, 11) is -3.92. The van der Waals surface area contributed by atoms with Gasteiger partial charge in [0.05, 0.1) is 5.92 Å². The fourth-order valence-corrected chi connectivity index (χ4v) is 7.09. The molecule has 37 heavy (non-hydrogen) atoms. The number of nitrogens with one attached hydrogen (secondary N) is 1. The molecule has 3 aromatic rings. The summed E-state index contributed by atoms with van der Waals surface area (Å²) in [5, 5.41) is 6.91. The van der Waals surface area contributed by atoms with Crippen molar-refractivity contribution in [3.63, 3.8) is 0 Å². The van der Waals surface area contributed by atoms with Gasteiger partial charge in [0.2, 0.25) is 15.9 Å². The highest BCUT2D eigenvalue weighted by atomic mass is 32.2. The first-order chi connectivity index (χ1) is 17.6.